The number of hydrogen-bond acceptors (Lipinski definition) is 3. The highest BCUT2D eigenvalue weighted by Gasteiger charge is 2.60. The molecule has 2 aromatic carbocycles. The molecule has 1 heterocycles. The lowest BCUT2D eigenvalue weighted by atomic mass is 9.49. The fraction of sp³-hybridized carbons (Fsp3) is 0.529. The Morgan fingerprint density at radius 2 is 1.62 bits per heavy atom. The Balaban J connectivity index is 1.25. The molecule has 0 aromatic heterocycles. The van der Waals surface area contributed by atoms with Crippen LogP contribution in [0.5, 0.6) is 0 Å². The van der Waals surface area contributed by atoms with Crippen molar-refractivity contribution in [2.45, 2.75) is 70.9 Å². The topological polar surface area (TPSA) is 69.6 Å². The molecule has 0 radical (unpaired) electrons. The van der Waals surface area contributed by atoms with E-state index < -0.39 is 12.1 Å². The lowest BCUT2D eigenvalue weighted by molar-refractivity contribution is -0.139. The molecule has 0 spiro atoms. The normalized spacial score (nSPS) is 35.2. The number of fused-ring (bicyclic) bond motifs is 5. The molecule has 2 aromatic rings. The molecule has 206 valence electrons. The van der Waals surface area contributed by atoms with Crippen LogP contribution in [-0.2, 0) is 9.59 Å². The Hall–Kier alpha value is -2.92. The van der Waals surface area contributed by atoms with Crippen LogP contribution < -0.4 is 5.32 Å². The number of aliphatic hydroxyl groups excluding tert-OH is 1. The molecule has 2 saturated carbocycles. The molecule has 3 fully saturated rings. The number of piperidine rings is 1. The highest BCUT2D eigenvalue weighted by atomic mass is 16.3. The van der Waals surface area contributed by atoms with Crippen molar-refractivity contribution in [3.8, 4) is 0 Å². The van der Waals surface area contributed by atoms with Gasteiger partial charge in [-0.15, -0.1) is 0 Å². The van der Waals surface area contributed by atoms with Crippen LogP contribution in [0.1, 0.15) is 82.1 Å². The van der Waals surface area contributed by atoms with Gasteiger partial charge in [0.1, 0.15) is 6.10 Å². The molecule has 5 nitrogen and oxygen atoms in total. The van der Waals surface area contributed by atoms with E-state index in [4.69, 9.17) is 0 Å². The molecule has 2 unspecified atom stereocenters. The van der Waals surface area contributed by atoms with Gasteiger partial charge in [0.15, 0.2) is 0 Å². The third-order valence-electron chi connectivity index (χ3n) is 11.2. The Kier molecular flexibility index (Phi) is 6.69. The maximum absolute atomic E-state index is 14.1. The van der Waals surface area contributed by atoms with Crippen LogP contribution in [0.4, 0.5) is 0 Å². The van der Waals surface area contributed by atoms with Gasteiger partial charge < -0.3 is 15.3 Å². The van der Waals surface area contributed by atoms with Crippen LogP contribution in [0.15, 0.2) is 72.4 Å². The second-order valence-corrected chi connectivity index (χ2v) is 13.0. The number of nitrogens with one attached hydrogen (secondary N) is 1. The van der Waals surface area contributed by atoms with Gasteiger partial charge in [0.2, 0.25) is 11.8 Å². The summed E-state index contributed by atoms with van der Waals surface area (Å²) in [5.41, 5.74) is 2.95. The van der Waals surface area contributed by atoms with Crippen LogP contribution in [0.3, 0.4) is 0 Å². The molecule has 2 amide bonds. The second kappa shape index (κ2) is 9.92. The number of allylic oxidation sites excluding steroid dienone is 2. The van der Waals surface area contributed by atoms with E-state index in [1.807, 2.05) is 72.6 Å². The Morgan fingerprint density at radius 3 is 2.31 bits per heavy atom. The summed E-state index contributed by atoms with van der Waals surface area (Å²) in [7, 11) is 1.95. The van der Waals surface area contributed by atoms with E-state index in [0.717, 1.165) is 49.7 Å². The minimum Gasteiger partial charge on any atom is -0.386 e. The van der Waals surface area contributed by atoms with E-state index in [2.05, 4.69) is 25.2 Å². The SMILES string of the molecule is CN1C(=O)CC[C@@]2(C)C1=CC[C@H]1[C@@H]3CC[C@H](C(=O)NC(c4ccccc4)C(O)c4ccccc4)[C@@]3(C)CC[C@@H]12. The summed E-state index contributed by atoms with van der Waals surface area (Å²) < 4.78 is 0. The van der Waals surface area contributed by atoms with Gasteiger partial charge in [-0.3, -0.25) is 9.59 Å². The van der Waals surface area contributed by atoms with Gasteiger partial charge in [-0.05, 0) is 72.8 Å². The summed E-state index contributed by atoms with van der Waals surface area (Å²) in [6.45, 7) is 4.74. The first-order valence-electron chi connectivity index (χ1n) is 14.8. The molecule has 3 aliphatic carbocycles. The standard InChI is InChI=1S/C34H42N2O3/c1-33-20-18-26-24(14-17-28-34(26,2)21-19-29(37)36(28)3)25(33)15-16-27(33)32(39)35-30(22-10-6-4-7-11-22)31(38)23-12-8-5-9-13-23/h4-13,17,24-27,30-31,38H,14-16,18-21H2,1-3H3,(H,35,39)/t24-,25-,26-,27+,30?,31?,33-,34+/m0/s1. The summed E-state index contributed by atoms with van der Waals surface area (Å²) in [4.78, 5) is 28.4. The smallest absolute Gasteiger partial charge is 0.226 e. The Labute approximate surface area is 232 Å². The van der Waals surface area contributed by atoms with Gasteiger partial charge in [-0.2, -0.15) is 0 Å². The van der Waals surface area contributed by atoms with Gasteiger partial charge >= 0.3 is 0 Å². The maximum Gasteiger partial charge on any atom is 0.226 e. The molecule has 39 heavy (non-hydrogen) atoms. The van der Waals surface area contributed by atoms with Crippen LogP contribution >= 0.6 is 0 Å². The summed E-state index contributed by atoms with van der Waals surface area (Å²) in [5.74, 6) is 1.86. The molecule has 0 bridgehead atoms. The molecule has 1 aliphatic heterocycles. The number of likely N-dealkylation sites (tertiary alicyclic amines) is 1. The lowest BCUT2D eigenvalue weighted by Crippen LogP contribution is -2.54. The Morgan fingerprint density at radius 1 is 0.949 bits per heavy atom. The van der Waals surface area contributed by atoms with Crippen molar-refractivity contribution in [2.24, 2.45) is 34.5 Å². The number of amides is 2. The number of aliphatic hydroxyl groups is 1. The third kappa shape index (κ3) is 4.25. The van der Waals surface area contributed by atoms with Gasteiger partial charge in [0.05, 0.1) is 6.04 Å². The Bertz CT molecular complexity index is 1260. The van der Waals surface area contributed by atoms with Crippen molar-refractivity contribution in [3.05, 3.63) is 83.6 Å². The molecule has 2 N–H and O–H groups in total. The van der Waals surface area contributed by atoms with Gasteiger partial charge in [-0.25, -0.2) is 0 Å². The first-order chi connectivity index (χ1) is 18.7. The predicted molar refractivity (Wildman–Crippen MR) is 152 cm³/mol. The minimum absolute atomic E-state index is 0.0471. The van der Waals surface area contributed by atoms with Crippen LogP contribution in [0.2, 0.25) is 0 Å². The number of carbonyl (C=O) groups excluding carboxylic acids is 2. The van der Waals surface area contributed by atoms with E-state index in [1.165, 1.54) is 5.70 Å². The van der Waals surface area contributed by atoms with Gasteiger partial charge in [-0.1, -0.05) is 80.6 Å². The van der Waals surface area contributed by atoms with Crippen molar-refractivity contribution in [3.63, 3.8) is 0 Å². The molecular formula is C34H42N2O3. The fourth-order valence-electron chi connectivity index (χ4n) is 9.11. The number of nitrogens with zero attached hydrogens (tertiary/aromatic N) is 1. The van der Waals surface area contributed by atoms with E-state index >= 15 is 0 Å². The average Bonchev–Trinajstić information content (AvgIpc) is 3.32. The minimum atomic E-state index is -0.828. The summed E-state index contributed by atoms with van der Waals surface area (Å²) in [6.07, 6.45) is 8.19. The van der Waals surface area contributed by atoms with E-state index in [1.54, 1.807) is 0 Å². The highest BCUT2D eigenvalue weighted by molar-refractivity contribution is 5.81. The quantitative estimate of drug-likeness (QED) is 0.489. The van der Waals surface area contributed by atoms with E-state index in [-0.39, 0.29) is 28.6 Å². The predicted octanol–water partition coefficient (Wildman–Crippen LogP) is 6.18. The monoisotopic (exact) mass is 526 g/mol. The molecule has 5 heteroatoms. The first kappa shape index (κ1) is 26.3. The molecule has 1 saturated heterocycles. The summed E-state index contributed by atoms with van der Waals surface area (Å²) in [6, 6.07) is 19.0. The van der Waals surface area contributed by atoms with Crippen molar-refractivity contribution in [1.82, 2.24) is 10.2 Å². The van der Waals surface area contributed by atoms with Crippen LogP contribution in [0, 0.1) is 34.5 Å². The molecule has 6 rings (SSSR count). The zero-order chi connectivity index (χ0) is 27.4. The average molecular weight is 527 g/mol. The highest BCUT2D eigenvalue weighted by Crippen LogP contribution is 2.66. The largest absolute Gasteiger partial charge is 0.386 e. The zero-order valence-corrected chi connectivity index (χ0v) is 23.5. The third-order valence-corrected chi connectivity index (χ3v) is 11.2. The second-order valence-electron chi connectivity index (χ2n) is 13.0. The number of benzene rings is 2. The zero-order valence-electron chi connectivity index (χ0n) is 23.5. The first-order valence-corrected chi connectivity index (χ1v) is 14.8. The van der Waals surface area contributed by atoms with E-state index in [0.29, 0.717) is 24.2 Å². The van der Waals surface area contributed by atoms with Crippen molar-refractivity contribution in [1.29, 1.82) is 0 Å². The van der Waals surface area contributed by atoms with Crippen molar-refractivity contribution >= 4 is 11.8 Å². The molecule has 4 aliphatic rings. The summed E-state index contributed by atoms with van der Waals surface area (Å²) in [5, 5.41) is 14.7. The van der Waals surface area contributed by atoms with Crippen LogP contribution in [0.25, 0.3) is 0 Å². The van der Waals surface area contributed by atoms with Crippen LogP contribution in [-0.4, -0.2) is 28.9 Å². The van der Waals surface area contributed by atoms with E-state index in [9.17, 15) is 14.7 Å². The molecule has 8 atom stereocenters. The number of rotatable bonds is 5. The number of carbonyl (C=O) groups is 2. The molecular weight excluding hydrogens is 484 g/mol. The summed E-state index contributed by atoms with van der Waals surface area (Å²) >= 11 is 0. The van der Waals surface area contributed by atoms with Gasteiger partial charge in [0.25, 0.3) is 0 Å². The van der Waals surface area contributed by atoms with Gasteiger partial charge in [0, 0.05) is 30.5 Å². The lowest BCUT2D eigenvalue weighted by Gasteiger charge is -2.58. The van der Waals surface area contributed by atoms with Crippen molar-refractivity contribution < 1.29 is 14.7 Å². The number of hydrogen-bond donors (Lipinski definition) is 2. The fourth-order valence-corrected chi connectivity index (χ4v) is 9.11. The van der Waals surface area contributed by atoms with Crippen molar-refractivity contribution in [2.75, 3.05) is 7.05 Å². The maximum atomic E-state index is 14.1.